The van der Waals surface area contributed by atoms with E-state index in [-0.39, 0.29) is 5.91 Å². The SMILES string of the molecule is CCCN1C(=O)/C(=C\c2cccc(C)c2)NC1=S. The fourth-order valence-electron chi connectivity index (χ4n) is 1.92. The number of rotatable bonds is 3. The lowest BCUT2D eigenvalue weighted by atomic mass is 10.1. The van der Waals surface area contributed by atoms with E-state index in [9.17, 15) is 4.79 Å². The highest BCUT2D eigenvalue weighted by Crippen LogP contribution is 2.15. The van der Waals surface area contributed by atoms with Gasteiger partial charge in [-0.25, -0.2) is 0 Å². The molecule has 0 saturated carbocycles. The molecule has 0 aromatic heterocycles. The highest BCUT2D eigenvalue weighted by atomic mass is 32.1. The molecule has 1 aliphatic rings. The quantitative estimate of drug-likeness (QED) is 0.669. The summed E-state index contributed by atoms with van der Waals surface area (Å²) in [4.78, 5) is 13.7. The maximum Gasteiger partial charge on any atom is 0.276 e. The van der Waals surface area contributed by atoms with Gasteiger partial charge in [0.15, 0.2) is 5.11 Å². The van der Waals surface area contributed by atoms with E-state index in [1.165, 1.54) is 5.56 Å². The third-order valence-electron chi connectivity index (χ3n) is 2.76. The summed E-state index contributed by atoms with van der Waals surface area (Å²) < 4.78 is 0. The van der Waals surface area contributed by atoms with Gasteiger partial charge in [-0.1, -0.05) is 36.8 Å². The average Bonchev–Trinajstić information content (AvgIpc) is 2.57. The Morgan fingerprint density at radius 3 is 2.89 bits per heavy atom. The first-order valence-electron chi connectivity index (χ1n) is 6.03. The average molecular weight is 260 g/mol. The molecule has 1 fully saturated rings. The summed E-state index contributed by atoms with van der Waals surface area (Å²) in [6, 6.07) is 8.01. The Morgan fingerprint density at radius 1 is 1.44 bits per heavy atom. The predicted octanol–water partition coefficient (Wildman–Crippen LogP) is 2.46. The Kier molecular flexibility index (Phi) is 3.77. The molecule has 0 radical (unpaired) electrons. The second kappa shape index (κ2) is 5.31. The van der Waals surface area contributed by atoms with E-state index in [1.54, 1.807) is 4.90 Å². The van der Waals surface area contributed by atoms with E-state index in [0.717, 1.165) is 12.0 Å². The van der Waals surface area contributed by atoms with Crippen LogP contribution in [-0.4, -0.2) is 22.5 Å². The molecule has 0 bridgehead atoms. The predicted molar refractivity (Wildman–Crippen MR) is 76.9 cm³/mol. The van der Waals surface area contributed by atoms with Crippen molar-refractivity contribution < 1.29 is 4.79 Å². The van der Waals surface area contributed by atoms with Crippen molar-refractivity contribution in [1.29, 1.82) is 0 Å². The largest absolute Gasteiger partial charge is 0.328 e. The Balaban J connectivity index is 2.25. The van der Waals surface area contributed by atoms with Gasteiger partial charge in [-0.3, -0.25) is 9.69 Å². The monoisotopic (exact) mass is 260 g/mol. The van der Waals surface area contributed by atoms with Crippen LogP contribution in [-0.2, 0) is 4.79 Å². The van der Waals surface area contributed by atoms with E-state index in [1.807, 2.05) is 44.2 Å². The van der Waals surface area contributed by atoms with Crippen molar-refractivity contribution in [2.24, 2.45) is 0 Å². The van der Waals surface area contributed by atoms with Gasteiger partial charge in [0.2, 0.25) is 0 Å². The molecule has 0 unspecified atom stereocenters. The Hall–Kier alpha value is -1.68. The minimum Gasteiger partial charge on any atom is -0.328 e. The zero-order valence-electron chi connectivity index (χ0n) is 10.6. The fourth-order valence-corrected chi connectivity index (χ4v) is 2.21. The normalized spacial score (nSPS) is 17.4. The fraction of sp³-hybridized carbons (Fsp3) is 0.286. The summed E-state index contributed by atoms with van der Waals surface area (Å²) in [5.74, 6) is -0.0386. The van der Waals surface area contributed by atoms with Gasteiger partial charge < -0.3 is 5.32 Å². The molecule has 1 amide bonds. The summed E-state index contributed by atoms with van der Waals surface area (Å²) >= 11 is 5.16. The van der Waals surface area contributed by atoms with Crippen LogP contribution < -0.4 is 5.32 Å². The van der Waals surface area contributed by atoms with Crippen molar-refractivity contribution in [3.05, 3.63) is 41.1 Å². The van der Waals surface area contributed by atoms with Gasteiger partial charge in [-0.2, -0.15) is 0 Å². The second-order valence-corrected chi connectivity index (χ2v) is 4.75. The van der Waals surface area contributed by atoms with E-state index in [0.29, 0.717) is 17.4 Å². The first-order chi connectivity index (χ1) is 8.61. The summed E-state index contributed by atoms with van der Waals surface area (Å²) in [5, 5.41) is 3.48. The van der Waals surface area contributed by atoms with E-state index >= 15 is 0 Å². The summed E-state index contributed by atoms with van der Waals surface area (Å²) in [6.45, 7) is 4.72. The Labute approximate surface area is 112 Å². The van der Waals surface area contributed by atoms with Crippen molar-refractivity contribution in [3.8, 4) is 0 Å². The first kappa shape index (κ1) is 12.8. The number of nitrogens with zero attached hydrogens (tertiary/aromatic N) is 1. The molecule has 1 aliphatic heterocycles. The molecule has 94 valence electrons. The third-order valence-corrected chi connectivity index (χ3v) is 3.09. The lowest BCUT2D eigenvalue weighted by Crippen LogP contribution is -2.31. The van der Waals surface area contributed by atoms with Gasteiger partial charge in [0.05, 0.1) is 0 Å². The molecule has 1 N–H and O–H groups in total. The summed E-state index contributed by atoms with van der Waals surface area (Å²) in [7, 11) is 0. The molecular weight excluding hydrogens is 244 g/mol. The van der Waals surface area contributed by atoms with Gasteiger partial charge in [-0.05, 0) is 37.2 Å². The van der Waals surface area contributed by atoms with Crippen LogP contribution in [0.25, 0.3) is 6.08 Å². The zero-order valence-corrected chi connectivity index (χ0v) is 11.4. The van der Waals surface area contributed by atoms with Crippen LogP contribution in [0.5, 0.6) is 0 Å². The highest BCUT2D eigenvalue weighted by molar-refractivity contribution is 7.80. The second-order valence-electron chi connectivity index (χ2n) is 4.36. The molecule has 1 aromatic rings. The number of thiocarbonyl (C=S) groups is 1. The molecule has 4 heteroatoms. The van der Waals surface area contributed by atoms with Gasteiger partial charge in [0, 0.05) is 6.54 Å². The number of nitrogens with one attached hydrogen (secondary N) is 1. The van der Waals surface area contributed by atoms with E-state index < -0.39 is 0 Å². The molecule has 3 nitrogen and oxygen atoms in total. The van der Waals surface area contributed by atoms with Crippen LogP contribution in [0.4, 0.5) is 0 Å². The van der Waals surface area contributed by atoms with E-state index in [2.05, 4.69) is 5.32 Å². The molecule has 0 atom stereocenters. The lowest BCUT2D eigenvalue weighted by Gasteiger charge is -2.11. The standard InChI is InChI=1S/C14H16N2OS/c1-3-7-16-13(17)12(15-14(16)18)9-11-6-4-5-10(2)8-11/h4-6,8-9H,3,7H2,1-2H3,(H,15,18)/b12-9+. The highest BCUT2D eigenvalue weighted by Gasteiger charge is 2.29. The third kappa shape index (κ3) is 2.59. The zero-order chi connectivity index (χ0) is 13.1. The number of carbonyl (C=O) groups excluding carboxylic acids is 1. The van der Waals surface area contributed by atoms with Gasteiger partial charge in [-0.15, -0.1) is 0 Å². The van der Waals surface area contributed by atoms with Crippen molar-refractivity contribution in [2.75, 3.05) is 6.54 Å². The summed E-state index contributed by atoms with van der Waals surface area (Å²) in [5.41, 5.74) is 2.73. The molecule has 1 saturated heterocycles. The number of hydrogen-bond acceptors (Lipinski definition) is 2. The number of carbonyl (C=O) groups is 1. The van der Waals surface area contributed by atoms with Gasteiger partial charge in [0.1, 0.15) is 5.70 Å². The van der Waals surface area contributed by atoms with Crippen LogP contribution in [0.15, 0.2) is 30.0 Å². The van der Waals surface area contributed by atoms with E-state index in [4.69, 9.17) is 12.2 Å². The molecule has 2 rings (SSSR count). The smallest absolute Gasteiger partial charge is 0.276 e. The van der Waals surface area contributed by atoms with Gasteiger partial charge in [0.25, 0.3) is 5.91 Å². The maximum atomic E-state index is 12.1. The van der Waals surface area contributed by atoms with Crippen molar-refractivity contribution in [3.63, 3.8) is 0 Å². The first-order valence-corrected chi connectivity index (χ1v) is 6.44. The van der Waals surface area contributed by atoms with Crippen LogP contribution in [0.1, 0.15) is 24.5 Å². The van der Waals surface area contributed by atoms with Crippen molar-refractivity contribution in [1.82, 2.24) is 10.2 Å². The topological polar surface area (TPSA) is 32.3 Å². The number of hydrogen-bond donors (Lipinski definition) is 1. The van der Waals surface area contributed by atoms with Gasteiger partial charge >= 0.3 is 0 Å². The molecule has 0 spiro atoms. The molecule has 18 heavy (non-hydrogen) atoms. The molecule has 1 heterocycles. The number of amides is 1. The molecule has 1 aromatic carbocycles. The maximum absolute atomic E-state index is 12.1. The summed E-state index contributed by atoms with van der Waals surface area (Å²) in [6.07, 6.45) is 2.74. The minimum atomic E-state index is -0.0386. The van der Waals surface area contributed by atoms with Crippen LogP contribution >= 0.6 is 12.2 Å². The minimum absolute atomic E-state index is 0.0386. The number of aryl methyl sites for hydroxylation is 1. The number of benzene rings is 1. The lowest BCUT2D eigenvalue weighted by molar-refractivity contribution is -0.122. The molecule has 0 aliphatic carbocycles. The van der Waals surface area contributed by atoms with Crippen LogP contribution in [0.3, 0.4) is 0 Å². The van der Waals surface area contributed by atoms with Crippen molar-refractivity contribution in [2.45, 2.75) is 20.3 Å². The van der Waals surface area contributed by atoms with Crippen molar-refractivity contribution >= 4 is 29.3 Å². The Bertz CT molecular complexity index is 522. The van der Waals surface area contributed by atoms with Crippen LogP contribution in [0, 0.1) is 6.92 Å². The Morgan fingerprint density at radius 2 is 2.22 bits per heavy atom. The molecular formula is C14H16N2OS. The van der Waals surface area contributed by atoms with Crippen LogP contribution in [0.2, 0.25) is 0 Å².